The highest BCUT2D eigenvalue weighted by Crippen LogP contribution is 2.43. The lowest BCUT2D eigenvalue weighted by atomic mass is 9.90. The zero-order chi connectivity index (χ0) is 18.7. The number of anilines is 1. The number of ether oxygens (including phenoxy) is 4. The van der Waals surface area contributed by atoms with Gasteiger partial charge >= 0.3 is 6.16 Å². The van der Waals surface area contributed by atoms with Crippen molar-refractivity contribution in [3.63, 3.8) is 0 Å². The van der Waals surface area contributed by atoms with Crippen molar-refractivity contribution in [2.24, 2.45) is 0 Å². The molecule has 6 nitrogen and oxygen atoms in total. The molecule has 1 aromatic heterocycles. The minimum atomic E-state index is -0.713. The Labute approximate surface area is 162 Å². The van der Waals surface area contributed by atoms with Crippen molar-refractivity contribution in [2.45, 2.75) is 37.5 Å². The first kappa shape index (κ1) is 18.3. The van der Waals surface area contributed by atoms with Crippen molar-refractivity contribution in [3.05, 3.63) is 36.4 Å². The summed E-state index contributed by atoms with van der Waals surface area (Å²) in [4.78, 5) is 12.7. The average molecular weight is 389 g/mol. The minimum Gasteiger partial charge on any atom is -0.437 e. The molecule has 4 rings (SSSR count). The van der Waals surface area contributed by atoms with Crippen molar-refractivity contribution in [3.8, 4) is 15.5 Å². The second-order valence-electron chi connectivity index (χ2n) is 6.76. The molecule has 2 heterocycles. The molecule has 1 spiro atoms. The summed E-state index contributed by atoms with van der Waals surface area (Å²) in [5.74, 6) is -0.382. The van der Waals surface area contributed by atoms with Crippen LogP contribution in [-0.2, 0) is 14.2 Å². The van der Waals surface area contributed by atoms with Crippen LogP contribution in [0.25, 0.3) is 10.4 Å². The normalized spacial score (nSPS) is 19.1. The van der Waals surface area contributed by atoms with E-state index >= 15 is 0 Å². The third kappa shape index (κ3) is 4.10. The van der Waals surface area contributed by atoms with Gasteiger partial charge in [-0.05, 0) is 24.5 Å². The van der Waals surface area contributed by atoms with E-state index in [4.69, 9.17) is 14.2 Å². The molecule has 0 unspecified atom stereocenters. The van der Waals surface area contributed by atoms with Crippen LogP contribution in [0.1, 0.15) is 25.7 Å². The maximum Gasteiger partial charge on any atom is 0.514 e. The van der Waals surface area contributed by atoms with Crippen molar-refractivity contribution >= 4 is 23.2 Å². The molecular weight excluding hydrogens is 366 g/mol. The molecule has 0 atom stereocenters. The third-order valence-corrected chi connectivity index (χ3v) is 6.08. The molecule has 2 aliphatic rings. The predicted octanol–water partition coefficient (Wildman–Crippen LogP) is 4.66. The summed E-state index contributed by atoms with van der Waals surface area (Å²) in [6, 6.07) is 12.4. The van der Waals surface area contributed by atoms with Gasteiger partial charge in [0.2, 0.25) is 5.06 Å². The summed E-state index contributed by atoms with van der Waals surface area (Å²) in [6.07, 6.45) is 2.90. The molecule has 1 aliphatic heterocycles. The van der Waals surface area contributed by atoms with Gasteiger partial charge < -0.3 is 24.3 Å². The van der Waals surface area contributed by atoms with Crippen LogP contribution < -0.4 is 10.1 Å². The molecule has 0 amide bonds. The van der Waals surface area contributed by atoms with Crippen molar-refractivity contribution in [1.29, 1.82) is 0 Å². The smallest absolute Gasteiger partial charge is 0.437 e. The zero-order valence-corrected chi connectivity index (χ0v) is 16.1. The molecule has 1 N–H and O–H groups in total. The summed E-state index contributed by atoms with van der Waals surface area (Å²) >= 11 is 1.43. The van der Waals surface area contributed by atoms with Crippen LogP contribution in [0.2, 0.25) is 0 Å². The Morgan fingerprint density at radius 3 is 2.56 bits per heavy atom. The molecule has 7 heteroatoms. The fraction of sp³-hybridized carbons (Fsp3) is 0.450. The number of hydrogen-bond donors (Lipinski definition) is 1. The largest absolute Gasteiger partial charge is 0.514 e. The lowest BCUT2D eigenvalue weighted by molar-refractivity contribution is -0.177. The first-order valence-electron chi connectivity index (χ1n) is 9.17. The van der Waals surface area contributed by atoms with Gasteiger partial charge in [0.1, 0.15) is 0 Å². The van der Waals surface area contributed by atoms with Gasteiger partial charge in [-0.2, -0.15) is 0 Å². The summed E-state index contributed by atoms with van der Waals surface area (Å²) < 4.78 is 21.6. The number of thiophene rings is 1. The predicted molar refractivity (Wildman–Crippen MR) is 103 cm³/mol. The van der Waals surface area contributed by atoms with Gasteiger partial charge in [-0.3, -0.25) is 0 Å². The van der Waals surface area contributed by atoms with Gasteiger partial charge in [0.25, 0.3) is 0 Å². The Morgan fingerprint density at radius 1 is 1.19 bits per heavy atom. The van der Waals surface area contributed by atoms with E-state index in [1.165, 1.54) is 18.4 Å². The van der Waals surface area contributed by atoms with Crippen molar-refractivity contribution in [1.82, 2.24) is 0 Å². The van der Waals surface area contributed by atoms with Crippen molar-refractivity contribution in [2.75, 3.05) is 25.6 Å². The van der Waals surface area contributed by atoms with Crippen LogP contribution in [0.15, 0.2) is 36.4 Å². The van der Waals surface area contributed by atoms with Crippen molar-refractivity contribution < 1.29 is 23.7 Å². The quantitative estimate of drug-likeness (QED) is 0.768. The first-order chi connectivity index (χ1) is 13.2. The Bertz CT molecular complexity index is 775. The van der Waals surface area contributed by atoms with Gasteiger partial charge in [0.05, 0.1) is 26.0 Å². The molecule has 2 fully saturated rings. The molecule has 144 valence electrons. The zero-order valence-electron chi connectivity index (χ0n) is 15.2. The van der Waals surface area contributed by atoms with E-state index in [9.17, 15) is 4.79 Å². The number of benzene rings is 1. The van der Waals surface area contributed by atoms with Crippen LogP contribution in [0.5, 0.6) is 5.06 Å². The maximum atomic E-state index is 11.6. The second kappa shape index (κ2) is 7.88. The molecule has 1 saturated carbocycles. The lowest BCUT2D eigenvalue weighted by Gasteiger charge is -2.35. The monoisotopic (exact) mass is 389 g/mol. The van der Waals surface area contributed by atoms with Crippen LogP contribution in [0.4, 0.5) is 10.5 Å². The fourth-order valence-corrected chi connectivity index (χ4v) is 4.59. The Hall–Kier alpha value is -2.09. The number of hydrogen-bond acceptors (Lipinski definition) is 7. The van der Waals surface area contributed by atoms with E-state index in [1.807, 2.05) is 36.4 Å². The minimum absolute atomic E-state index is 0.279. The van der Waals surface area contributed by atoms with E-state index in [0.29, 0.717) is 18.3 Å². The van der Waals surface area contributed by atoms with Crippen LogP contribution >= 0.6 is 11.3 Å². The Kier molecular flexibility index (Phi) is 5.33. The summed E-state index contributed by atoms with van der Waals surface area (Å²) in [6.45, 7) is 1.36. The van der Waals surface area contributed by atoms with E-state index in [1.54, 1.807) is 0 Å². The van der Waals surface area contributed by atoms with E-state index in [2.05, 4.69) is 10.1 Å². The van der Waals surface area contributed by atoms with E-state index in [0.717, 1.165) is 41.8 Å². The highest BCUT2D eigenvalue weighted by molar-refractivity contribution is 7.18. The van der Waals surface area contributed by atoms with Gasteiger partial charge in [-0.1, -0.05) is 41.7 Å². The lowest BCUT2D eigenvalue weighted by Crippen LogP contribution is -2.39. The van der Waals surface area contributed by atoms with Crippen LogP contribution in [0, 0.1) is 0 Å². The molecule has 1 aliphatic carbocycles. The fourth-order valence-electron chi connectivity index (χ4n) is 3.62. The van der Waals surface area contributed by atoms with E-state index < -0.39 is 6.16 Å². The second-order valence-corrected chi connectivity index (χ2v) is 7.77. The van der Waals surface area contributed by atoms with Gasteiger partial charge in [0, 0.05) is 23.8 Å². The summed E-state index contributed by atoms with van der Waals surface area (Å²) in [5, 5.41) is 4.06. The topological polar surface area (TPSA) is 66.0 Å². The number of rotatable bonds is 4. The molecule has 0 bridgehead atoms. The number of methoxy groups -OCH3 is 1. The highest BCUT2D eigenvalue weighted by Gasteiger charge is 2.40. The SMILES string of the molecule is COC(=O)Oc1sc(-c2ccccc2)cc1NC1CCC2(CC1)OCCO2. The maximum absolute atomic E-state index is 11.6. The average Bonchev–Trinajstić information content (AvgIpc) is 3.32. The number of carbonyl (C=O) groups excluding carboxylic acids is 1. The van der Waals surface area contributed by atoms with Crippen LogP contribution in [-0.4, -0.2) is 38.3 Å². The molecule has 1 aromatic carbocycles. The van der Waals surface area contributed by atoms with Crippen LogP contribution in [0.3, 0.4) is 0 Å². The first-order valence-corrected chi connectivity index (χ1v) is 9.99. The molecule has 27 heavy (non-hydrogen) atoms. The summed E-state index contributed by atoms with van der Waals surface area (Å²) in [5.41, 5.74) is 1.90. The Morgan fingerprint density at radius 2 is 1.89 bits per heavy atom. The number of carbonyl (C=O) groups is 1. The number of nitrogens with one attached hydrogen (secondary N) is 1. The molecular formula is C20H23NO5S. The molecule has 0 radical (unpaired) electrons. The van der Waals surface area contributed by atoms with E-state index in [-0.39, 0.29) is 11.8 Å². The standard InChI is InChI=1S/C20H23NO5S/c1-23-19(22)26-18-16(13-17(27-18)14-5-3-2-4-6-14)21-15-7-9-20(10-8-15)24-11-12-25-20/h2-6,13,15,21H,7-12H2,1H3. The molecule has 1 saturated heterocycles. The van der Waals surface area contributed by atoms with Gasteiger partial charge in [0.15, 0.2) is 5.79 Å². The summed E-state index contributed by atoms with van der Waals surface area (Å²) in [7, 11) is 1.31. The van der Waals surface area contributed by atoms with Gasteiger partial charge in [-0.15, -0.1) is 0 Å². The highest BCUT2D eigenvalue weighted by atomic mass is 32.1. The third-order valence-electron chi connectivity index (χ3n) is 5.02. The van der Waals surface area contributed by atoms with Gasteiger partial charge in [-0.25, -0.2) is 4.79 Å². The molecule has 2 aromatic rings. The Balaban J connectivity index is 1.50.